The molecule has 0 atom stereocenters. The van der Waals surface area contributed by atoms with Gasteiger partial charge in [0.1, 0.15) is 16.9 Å². The van der Waals surface area contributed by atoms with Crippen LogP contribution in [-0.4, -0.2) is 42.9 Å². The highest BCUT2D eigenvalue weighted by Gasteiger charge is 2.29. The van der Waals surface area contributed by atoms with Crippen LogP contribution in [0.5, 0.6) is 0 Å². The number of amides is 2. The number of Topliss-reactive ketones (excluding diaryl/α,β-unsaturated/α-hetero) is 2. The molecule has 0 radical (unpaired) electrons. The van der Waals surface area contributed by atoms with E-state index >= 15 is 0 Å². The molecule has 1 aromatic carbocycles. The van der Waals surface area contributed by atoms with E-state index in [4.69, 9.17) is 0 Å². The highest BCUT2D eigenvalue weighted by molar-refractivity contribution is 7.12. The third-order valence-electron chi connectivity index (χ3n) is 4.01. The topological polar surface area (TPSA) is 150 Å². The largest absolute Gasteiger partial charge is 0.357 e. The maximum Gasteiger partial charge on any atom is 0.298 e. The summed E-state index contributed by atoms with van der Waals surface area (Å²) in [5.74, 6) is -2.08. The number of nitrogens with zero attached hydrogens (tertiary/aromatic N) is 2. The molecule has 6 rings (SSSR count). The monoisotopic (exact) mass is 408 g/mol. The molecule has 0 saturated carbocycles. The molecule has 0 bridgehead atoms. The van der Waals surface area contributed by atoms with Gasteiger partial charge in [0.2, 0.25) is 0 Å². The number of aromatic nitrogens is 4. The molecule has 29 heavy (non-hydrogen) atoms. The Kier molecular flexibility index (Phi) is 4.71. The molecule has 4 N–H and O–H groups in total. The van der Waals surface area contributed by atoms with E-state index in [0.29, 0.717) is 22.8 Å². The Morgan fingerprint density at radius 1 is 0.724 bits per heavy atom. The lowest BCUT2D eigenvalue weighted by Gasteiger charge is -1.83. The summed E-state index contributed by atoms with van der Waals surface area (Å²) in [5, 5.41) is 8.70. The Bertz CT molecular complexity index is 1160. The highest BCUT2D eigenvalue weighted by Crippen LogP contribution is 2.20. The van der Waals surface area contributed by atoms with Gasteiger partial charge >= 0.3 is 0 Å². The lowest BCUT2D eigenvalue weighted by atomic mass is 10.3. The molecule has 3 aromatic heterocycles. The smallest absolute Gasteiger partial charge is 0.298 e. The van der Waals surface area contributed by atoms with Crippen molar-refractivity contribution < 1.29 is 19.2 Å². The number of nitrogens with one attached hydrogen (secondary N) is 4. The minimum atomic E-state index is -0.554. The van der Waals surface area contributed by atoms with Gasteiger partial charge < -0.3 is 20.6 Å². The van der Waals surface area contributed by atoms with Crippen LogP contribution in [-0.2, 0) is 9.59 Å². The number of fused-ring (bicyclic) bond motifs is 3. The van der Waals surface area contributed by atoms with Crippen molar-refractivity contribution >= 4 is 56.5 Å². The fourth-order valence-electron chi connectivity index (χ4n) is 2.63. The van der Waals surface area contributed by atoms with Crippen LogP contribution in [0.1, 0.15) is 21.0 Å². The first-order valence-electron chi connectivity index (χ1n) is 8.28. The van der Waals surface area contributed by atoms with Gasteiger partial charge in [0.25, 0.3) is 23.4 Å². The van der Waals surface area contributed by atoms with E-state index in [1.54, 1.807) is 24.5 Å². The summed E-state index contributed by atoms with van der Waals surface area (Å²) in [4.78, 5) is 48.2. The second-order valence-electron chi connectivity index (χ2n) is 5.84. The molecule has 10 nitrogen and oxygen atoms in total. The van der Waals surface area contributed by atoms with E-state index in [2.05, 4.69) is 30.2 Å². The third kappa shape index (κ3) is 3.53. The summed E-state index contributed by atoms with van der Waals surface area (Å²) >= 11 is 1.43. The van der Waals surface area contributed by atoms with Gasteiger partial charge in [-0.25, -0.2) is 0 Å². The zero-order valence-electron chi connectivity index (χ0n) is 14.6. The van der Waals surface area contributed by atoms with Gasteiger partial charge in [0, 0.05) is 12.4 Å². The lowest BCUT2D eigenvalue weighted by molar-refractivity contribution is -0.112. The van der Waals surface area contributed by atoms with E-state index in [9.17, 15) is 19.2 Å². The van der Waals surface area contributed by atoms with Gasteiger partial charge in [0.15, 0.2) is 0 Å². The van der Waals surface area contributed by atoms with Crippen molar-refractivity contribution in [2.24, 2.45) is 0 Å². The number of ketones is 2. The third-order valence-corrected chi connectivity index (χ3v) is 4.72. The molecule has 0 spiro atoms. The molecule has 0 aliphatic carbocycles. The fourth-order valence-corrected chi connectivity index (χ4v) is 3.19. The number of H-pyrrole nitrogens is 2. The summed E-state index contributed by atoms with van der Waals surface area (Å²) in [7, 11) is 0. The summed E-state index contributed by atoms with van der Waals surface area (Å²) in [5.41, 5.74) is 2.88. The van der Waals surface area contributed by atoms with E-state index in [0.717, 1.165) is 10.2 Å². The summed E-state index contributed by atoms with van der Waals surface area (Å²) in [6, 6.07) is 11.2. The molecule has 2 aliphatic heterocycles. The van der Waals surface area contributed by atoms with Crippen molar-refractivity contribution in [1.82, 2.24) is 19.6 Å². The highest BCUT2D eigenvalue weighted by atomic mass is 32.1. The van der Waals surface area contributed by atoms with Crippen molar-refractivity contribution in [2.45, 2.75) is 0 Å². The van der Waals surface area contributed by atoms with Gasteiger partial charge in [-0.1, -0.05) is 16.6 Å². The molecule has 2 aliphatic rings. The van der Waals surface area contributed by atoms with Crippen molar-refractivity contribution in [1.29, 1.82) is 0 Å². The minimum absolute atomic E-state index is 0.366. The Morgan fingerprint density at radius 2 is 1.28 bits per heavy atom. The summed E-state index contributed by atoms with van der Waals surface area (Å²) in [6.07, 6.45) is 3.23. The second kappa shape index (κ2) is 7.48. The van der Waals surface area contributed by atoms with Crippen LogP contribution in [0.25, 0.3) is 10.2 Å². The first-order valence-corrected chi connectivity index (χ1v) is 9.05. The number of hydrogen-bond acceptors (Lipinski definition) is 7. The predicted molar refractivity (Wildman–Crippen MR) is 105 cm³/mol. The van der Waals surface area contributed by atoms with Crippen molar-refractivity contribution in [3.63, 3.8) is 0 Å². The first kappa shape index (κ1) is 18.3. The van der Waals surface area contributed by atoms with Gasteiger partial charge in [0.05, 0.1) is 16.1 Å². The molecule has 144 valence electrons. The maximum absolute atomic E-state index is 10.8. The van der Waals surface area contributed by atoms with Crippen LogP contribution in [0.2, 0.25) is 0 Å². The van der Waals surface area contributed by atoms with Crippen LogP contribution in [0, 0.1) is 0 Å². The van der Waals surface area contributed by atoms with Crippen molar-refractivity contribution in [3.05, 3.63) is 60.2 Å². The van der Waals surface area contributed by atoms with Crippen molar-refractivity contribution in [3.8, 4) is 0 Å². The van der Waals surface area contributed by atoms with E-state index < -0.39 is 23.4 Å². The molecule has 0 saturated heterocycles. The average Bonchev–Trinajstić information content (AvgIpc) is 3.51. The predicted octanol–water partition coefficient (Wildman–Crippen LogP) is 1.99. The number of carbonyl (C=O) groups excluding carboxylic acids is 4. The number of benzene rings is 1. The number of hydrogen-bond donors (Lipinski definition) is 4. The van der Waals surface area contributed by atoms with Crippen LogP contribution in [0.3, 0.4) is 0 Å². The van der Waals surface area contributed by atoms with Crippen LogP contribution in [0.4, 0.5) is 11.4 Å². The fraction of sp³-hybridized carbons (Fsp3) is 0. The molecular weight excluding hydrogens is 396 g/mol. The molecule has 0 fully saturated rings. The average molecular weight is 408 g/mol. The number of rotatable bonds is 0. The molecule has 2 amide bonds. The molecule has 5 heterocycles. The second-order valence-corrected chi connectivity index (χ2v) is 6.63. The summed E-state index contributed by atoms with van der Waals surface area (Å²) < 4.78 is 4.94. The lowest BCUT2D eigenvalue weighted by Crippen LogP contribution is -2.13. The van der Waals surface area contributed by atoms with Gasteiger partial charge in [-0.3, -0.25) is 19.2 Å². The molecule has 0 unspecified atom stereocenters. The SMILES string of the molecule is O=C1Nc2cc[nH]c2C1=O.O=C1Nc2cc[nH]c2C1=O.c1ccc2snnc2c1. The Morgan fingerprint density at radius 3 is 1.79 bits per heavy atom. The molecule has 4 aromatic rings. The Labute approximate surface area is 166 Å². The van der Waals surface area contributed by atoms with Gasteiger partial charge in [-0.05, 0) is 35.8 Å². The van der Waals surface area contributed by atoms with Crippen molar-refractivity contribution in [2.75, 3.05) is 10.6 Å². The quantitative estimate of drug-likeness (QED) is 0.327. The Balaban J connectivity index is 0.000000106. The maximum atomic E-state index is 10.8. The zero-order valence-corrected chi connectivity index (χ0v) is 15.4. The van der Waals surface area contributed by atoms with E-state index in [1.165, 1.54) is 11.5 Å². The van der Waals surface area contributed by atoms with Crippen LogP contribution >= 0.6 is 11.5 Å². The van der Waals surface area contributed by atoms with Crippen LogP contribution < -0.4 is 10.6 Å². The van der Waals surface area contributed by atoms with E-state index in [1.807, 2.05) is 24.3 Å². The number of aromatic amines is 2. The molecular formula is C18H12N6O4S. The first-order chi connectivity index (χ1) is 14.0. The Hall–Kier alpha value is -4.12. The zero-order chi connectivity index (χ0) is 20.4. The van der Waals surface area contributed by atoms with E-state index in [-0.39, 0.29) is 0 Å². The van der Waals surface area contributed by atoms with Crippen LogP contribution in [0.15, 0.2) is 48.8 Å². The van der Waals surface area contributed by atoms with Gasteiger partial charge in [-0.15, -0.1) is 5.10 Å². The minimum Gasteiger partial charge on any atom is -0.357 e. The van der Waals surface area contributed by atoms with Gasteiger partial charge in [-0.2, -0.15) is 0 Å². The molecule has 11 heteroatoms. The normalized spacial score (nSPS) is 13.7. The number of carbonyl (C=O) groups is 4. The summed E-state index contributed by atoms with van der Waals surface area (Å²) in [6.45, 7) is 0. The number of anilines is 2. The standard InChI is InChI=1S/2C6H4N2O2.C6H4N2S/c2*9-5-4-3(1-2-7-4)8-6(5)10;1-2-4-6-5(3-1)7-8-9-6/h2*1-2,7H,(H,8,9,10);1-4H.